The van der Waals surface area contributed by atoms with Gasteiger partial charge in [0.1, 0.15) is 24.5 Å². The quantitative estimate of drug-likeness (QED) is 0.791. The molecule has 0 radical (unpaired) electrons. The molecule has 100 valence electrons. The van der Waals surface area contributed by atoms with Crippen molar-refractivity contribution in [2.75, 3.05) is 26.4 Å². The van der Waals surface area contributed by atoms with Crippen molar-refractivity contribution in [3.05, 3.63) is 0 Å². The van der Waals surface area contributed by atoms with Gasteiger partial charge in [-0.2, -0.15) is 0 Å². The lowest BCUT2D eigenvalue weighted by Crippen LogP contribution is -2.51. The van der Waals surface area contributed by atoms with Gasteiger partial charge in [-0.05, 0) is 20.8 Å². The summed E-state index contributed by atoms with van der Waals surface area (Å²) in [5, 5.41) is 9.34. The first-order valence-electron chi connectivity index (χ1n) is 5.67. The Kier molecular flexibility index (Phi) is 4.70. The van der Waals surface area contributed by atoms with E-state index < -0.39 is 30.6 Å². The van der Waals surface area contributed by atoms with Gasteiger partial charge in [0.15, 0.2) is 0 Å². The van der Waals surface area contributed by atoms with Crippen LogP contribution in [0.15, 0.2) is 0 Å². The fraction of sp³-hybridized carbons (Fsp3) is 0.909. The SMILES string of the molecule is CC(C)(C)OC(=O)N1CCOC(C(O)CF)C1. The Morgan fingerprint density at radius 3 is 2.82 bits per heavy atom. The van der Waals surface area contributed by atoms with Gasteiger partial charge in [-0.1, -0.05) is 0 Å². The zero-order valence-corrected chi connectivity index (χ0v) is 10.5. The van der Waals surface area contributed by atoms with Crippen LogP contribution in [-0.2, 0) is 9.47 Å². The smallest absolute Gasteiger partial charge is 0.410 e. The highest BCUT2D eigenvalue weighted by atomic mass is 19.1. The molecule has 17 heavy (non-hydrogen) atoms. The standard InChI is InChI=1S/C11H20FNO4/c1-11(2,3)17-10(15)13-4-5-16-9(7-13)8(14)6-12/h8-9,14H,4-7H2,1-3H3. The number of ether oxygens (including phenoxy) is 2. The second-order valence-electron chi connectivity index (χ2n) is 5.06. The Morgan fingerprint density at radius 1 is 1.65 bits per heavy atom. The third-order valence-electron chi connectivity index (χ3n) is 2.33. The average Bonchev–Trinajstić information content (AvgIpc) is 2.26. The van der Waals surface area contributed by atoms with Crippen LogP contribution in [0.1, 0.15) is 20.8 Å². The van der Waals surface area contributed by atoms with E-state index in [-0.39, 0.29) is 13.2 Å². The average molecular weight is 249 g/mol. The summed E-state index contributed by atoms with van der Waals surface area (Å²) >= 11 is 0. The van der Waals surface area contributed by atoms with Crippen molar-refractivity contribution in [1.82, 2.24) is 4.90 Å². The summed E-state index contributed by atoms with van der Waals surface area (Å²) < 4.78 is 22.7. The first kappa shape index (κ1) is 14.2. The van der Waals surface area contributed by atoms with Gasteiger partial charge in [0.2, 0.25) is 0 Å². The largest absolute Gasteiger partial charge is 0.444 e. The minimum Gasteiger partial charge on any atom is -0.444 e. The molecule has 2 atom stereocenters. The van der Waals surface area contributed by atoms with E-state index in [4.69, 9.17) is 9.47 Å². The minimum atomic E-state index is -1.19. The fourth-order valence-corrected chi connectivity index (χ4v) is 1.50. The number of halogens is 1. The van der Waals surface area contributed by atoms with E-state index in [1.165, 1.54) is 4.90 Å². The normalized spacial score (nSPS) is 23.4. The molecule has 0 aromatic carbocycles. The van der Waals surface area contributed by atoms with E-state index in [2.05, 4.69) is 0 Å². The Hall–Kier alpha value is -0.880. The van der Waals surface area contributed by atoms with Crippen molar-refractivity contribution >= 4 is 6.09 Å². The van der Waals surface area contributed by atoms with Crippen LogP contribution in [0, 0.1) is 0 Å². The molecule has 1 saturated heterocycles. The Bertz CT molecular complexity index is 267. The van der Waals surface area contributed by atoms with Gasteiger partial charge < -0.3 is 19.5 Å². The molecular weight excluding hydrogens is 229 g/mol. The van der Waals surface area contributed by atoms with Crippen molar-refractivity contribution in [1.29, 1.82) is 0 Å². The third kappa shape index (κ3) is 4.47. The van der Waals surface area contributed by atoms with Crippen LogP contribution in [0.25, 0.3) is 0 Å². The molecule has 5 nitrogen and oxygen atoms in total. The number of carbonyl (C=O) groups is 1. The number of hydrogen-bond acceptors (Lipinski definition) is 4. The molecule has 1 rings (SSSR count). The molecule has 1 N–H and O–H groups in total. The number of alkyl halides is 1. The van der Waals surface area contributed by atoms with Crippen LogP contribution in [0.4, 0.5) is 9.18 Å². The van der Waals surface area contributed by atoms with Crippen LogP contribution in [0.5, 0.6) is 0 Å². The summed E-state index contributed by atoms with van der Waals surface area (Å²) in [5.74, 6) is 0. The Labute approximate surface area is 100 Å². The summed E-state index contributed by atoms with van der Waals surface area (Å²) in [7, 11) is 0. The predicted octanol–water partition coefficient (Wildman–Crippen LogP) is 0.953. The van der Waals surface area contributed by atoms with Crippen LogP contribution in [0.2, 0.25) is 0 Å². The second-order valence-corrected chi connectivity index (χ2v) is 5.06. The summed E-state index contributed by atoms with van der Waals surface area (Å²) in [6.07, 6.45) is -2.33. The predicted molar refractivity (Wildman–Crippen MR) is 59.5 cm³/mol. The van der Waals surface area contributed by atoms with Crippen molar-refractivity contribution < 1.29 is 23.8 Å². The lowest BCUT2D eigenvalue weighted by Gasteiger charge is -2.35. The fourth-order valence-electron chi connectivity index (χ4n) is 1.50. The molecule has 0 bridgehead atoms. The van der Waals surface area contributed by atoms with Crippen molar-refractivity contribution in [3.63, 3.8) is 0 Å². The number of aliphatic hydroxyl groups is 1. The van der Waals surface area contributed by atoms with E-state index in [0.29, 0.717) is 6.54 Å². The summed E-state index contributed by atoms with van der Waals surface area (Å²) in [5.41, 5.74) is -0.566. The molecule has 0 aliphatic carbocycles. The summed E-state index contributed by atoms with van der Waals surface area (Å²) in [4.78, 5) is 13.2. The van der Waals surface area contributed by atoms with Gasteiger partial charge in [-0.15, -0.1) is 0 Å². The van der Waals surface area contributed by atoms with Gasteiger partial charge in [-0.25, -0.2) is 9.18 Å². The molecule has 6 heteroatoms. The molecule has 1 aliphatic rings. The Morgan fingerprint density at radius 2 is 2.29 bits per heavy atom. The van der Waals surface area contributed by atoms with Gasteiger partial charge in [0.05, 0.1) is 13.2 Å². The molecule has 0 saturated carbocycles. The van der Waals surface area contributed by atoms with Gasteiger partial charge in [0.25, 0.3) is 0 Å². The molecule has 1 amide bonds. The van der Waals surface area contributed by atoms with Crippen molar-refractivity contribution in [2.45, 2.75) is 38.6 Å². The maximum atomic E-state index is 12.3. The molecular formula is C11H20FNO4. The number of aliphatic hydroxyl groups excluding tert-OH is 1. The number of carbonyl (C=O) groups excluding carboxylic acids is 1. The van der Waals surface area contributed by atoms with Gasteiger partial charge in [-0.3, -0.25) is 0 Å². The number of hydrogen-bond donors (Lipinski definition) is 1. The van der Waals surface area contributed by atoms with Crippen molar-refractivity contribution in [2.24, 2.45) is 0 Å². The molecule has 0 spiro atoms. The molecule has 1 aliphatic heterocycles. The van der Waals surface area contributed by atoms with Crippen molar-refractivity contribution in [3.8, 4) is 0 Å². The van der Waals surface area contributed by atoms with E-state index in [1.54, 1.807) is 20.8 Å². The number of rotatable bonds is 2. The molecule has 1 fully saturated rings. The van der Waals surface area contributed by atoms with Crippen LogP contribution < -0.4 is 0 Å². The number of nitrogens with zero attached hydrogens (tertiary/aromatic N) is 1. The van der Waals surface area contributed by atoms with Crippen LogP contribution in [-0.4, -0.2) is 60.3 Å². The van der Waals surface area contributed by atoms with E-state index in [9.17, 15) is 14.3 Å². The first-order chi connectivity index (χ1) is 7.83. The summed E-state index contributed by atoms with van der Waals surface area (Å²) in [6.45, 7) is 5.27. The number of amides is 1. The summed E-state index contributed by atoms with van der Waals surface area (Å²) in [6, 6.07) is 0. The highest BCUT2D eigenvalue weighted by Crippen LogP contribution is 2.14. The van der Waals surface area contributed by atoms with E-state index in [0.717, 1.165) is 0 Å². The maximum absolute atomic E-state index is 12.3. The zero-order chi connectivity index (χ0) is 13.1. The monoisotopic (exact) mass is 249 g/mol. The molecule has 0 aromatic rings. The highest BCUT2D eigenvalue weighted by Gasteiger charge is 2.31. The first-order valence-corrected chi connectivity index (χ1v) is 5.67. The number of morpholine rings is 1. The lowest BCUT2D eigenvalue weighted by molar-refractivity contribution is -0.0939. The second kappa shape index (κ2) is 5.64. The Balaban J connectivity index is 2.52. The lowest BCUT2D eigenvalue weighted by atomic mass is 10.2. The third-order valence-corrected chi connectivity index (χ3v) is 2.33. The van der Waals surface area contributed by atoms with E-state index >= 15 is 0 Å². The van der Waals surface area contributed by atoms with Crippen LogP contribution in [0.3, 0.4) is 0 Å². The van der Waals surface area contributed by atoms with Gasteiger partial charge in [0, 0.05) is 6.54 Å². The molecule has 2 unspecified atom stereocenters. The highest BCUT2D eigenvalue weighted by molar-refractivity contribution is 5.68. The van der Waals surface area contributed by atoms with E-state index in [1.807, 2.05) is 0 Å². The van der Waals surface area contributed by atoms with Crippen LogP contribution >= 0.6 is 0 Å². The topological polar surface area (TPSA) is 59.0 Å². The molecule has 1 heterocycles. The zero-order valence-electron chi connectivity index (χ0n) is 10.5. The maximum Gasteiger partial charge on any atom is 0.410 e. The minimum absolute atomic E-state index is 0.153. The van der Waals surface area contributed by atoms with Gasteiger partial charge >= 0.3 is 6.09 Å². The molecule has 0 aromatic heterocycles.